The van der Waals surface area contributed by atoms with Gasteiger partial charge < -0.3 is 0 Å². The van der Waals surface area contributed by atoms with Crippen molar-refractivity contribution in [3.63, 3.8) is 0 Å². The number of rotatable bonds is 1. The van der Waals surface area contributed by atoms with Crippen LogP contribution in [0.25, 0.3) is 21.9 Å². The van der Waals surface area contributed by atoms with Crippen LogP contribution in [0.1, 0.15) is 35.1 Å². The van der Waals surface area contributed by atoms with Gasteiger partial charge in [0.2, 0.25) is 0 Å². The molecule has 0 saturated carbocycles. The van der Waals surface area contributed by atoms with E-state index in [0.29, 0.717) is 5.92 Å². The van der Waals surface area contributed by atoms with E-state index in [1.54, 1.807) is 0 Å². The van der Waals surface area contributed by atoms with Crippen molar-refractivity contribution in [3.8, 4) is 11.1 Å². The van der Waals surface area contributed by atoms with Gasteiger partial charge in [-0.15, -0.1) is 0 Å². The minimum Gasteiger partial charge on any atom is -0.0622 e. The zero-order valence-corrected chi connectivity index (χ0v) is 14.4. The highest BCUT2D eigenvalue weighted by Gasteiger charge is 2.26. The Balaban J connectivity index is 1.88. The van der Waals surface area contributed by atoms with Gasteiger partial charge in [-0.1, -0.05) is 91.9 Å². The molecule has 120 valence electrons. The van der Waals surface area contributed by atoms with Crippen LogP contribution in [0.4, 0.5) is 0 Å². The summed E-state index contributed by atoms with van der Waals surface area (Å²) < 4.78 is 0. The summed E-state index contributed by atoms with van der Waals surface area (Å²) in [6, 6.07) is 31.0. The number of hydrogen-bond acceptors (Lipinski definition) is 0. The van der Waals surface area contributed by atoms with Crippen LogP contribution in [0.15, 0.2) is 84.9 Å². The van der Waals surface area contributed by atoms with Crippen molar-refractivity contribution >= 4 is 10.8 Å². The van der Waals surface area contributed by atoms with Gasteiger partial charge in [-0.05, 0) is 50.6 Å². The first-order valence-electron chi connectivity index (χ1n) is 9.00. The third-order valence-corrected chi connectivity index (χ3v) is 5.57. The van der Waals surface area contributed by atoms with E-state index in [-0.39, 0.29) is 0 Å². The fourth-order valence-electron chi connectivity index (χ4n) is 4.46. The molecule has 0 aliphatic heterocycles. The fourth-order valence-corrected chi connectivity index (χ4v) is 4.46. The number of benzene rings is 4. The Morgan fingerprint density at radius 3 is 2.32 bits per heavy atom. The van der Waals surface area contributed by atoms with Crippen LogP contribution in [-0.2, 0) is 6.42 Å². The third kappa shape index (κ3) is 2.21. The number of fused-ring (bicyclic) bond motifs is 3. The lowest BCUT2D eigenvalue weighted by atomic mass is 9.74. The molecule has 0 saturated heterocycles. The van der Waals surface area contributed by atoms with Gasteiger partial charge in [0.05, 0.1) is 0 Å². The quantitative estimate of drug-likeness (QED) is 0.372. The average molecular weight is 320 g/mol. The Kier molecular flexibility index (Phi) is 3.24. The fraction of sp³-hybridized carbons (Fsp3) is 0.120. The molecule has 0 bridgehead atoms. The summed E-state index contributed by atoms with van der Waals surface area (Å²) in [7, 11) is 0. The van der Waals surface area contributed by atoms with E-state index in [2.05, 4.69) is 91.9 Å². The summed E-state index contributed by atoms with van der Waals surface area (Å²) >= 11 is 0. The van der Waals surface area contributed by atoms with Gasteiger partial charge >= 0.3 is 0 Å². The summed E-state index contributed by atoms with van der Waals surface area (Å²) in [4.78, 5) is 0. The molecule has 0 amide bonds. The Hall–Kier alpha value is -2.86. The molecule has 0 nitrogen and oxygen atoms in total. The first kappa shape index (κ1) is 14.5. The van der Waals surface area contributed by atoms with Crippen LogP contribution in [0.2, 0.25) is 0 Å². The summed E-state index contributed by atoms with van der Waals surface area (Å²) in [5.41, 5.74) is 8.66. The van der Waals surface area contributed by atoms with Crippen molar-refractivity contribution in [2.45, 2.75) is 19.3 Å². The Bertz CT molecular complexity index is 1070. The van der Waals surface area contributed by atoms with Gasteiger partial charge in [-0.25, -0.2) is 0 Å². The zero-order chi connectivity index (χ0) is 16.8. The maximum absolute atomic E-state index is 2.41. The molecular weight excluding hydrogens is 300 g/mol. The largest absolute Gasteiger partial charge is 0.0622 e. The normalized spacial score (nSPS) is 15.6. The third-order valence-electron chi connectivity index (χ3n) is 5.57. The lowest BCUT2D eigenvalue weighted by Gasteiger charge is -2.29. The second-order valence-electron chi connectivity index (χ2n) is 7.01. The van der Waals surface area contributed by atoms with Gasteiger partial charge in [0, 0.05) is 5.92 Å². The molecule has 5 rings (SSSR count). The van der Waals surface area contributed by atoms with E-state index in [9.17, 15) is 0 Å². The summed E-state index contributed by atoms with van der Waals surface area (Å²) in [6.45, 7) is 2.36. The second kappa shape index (κ2) is 5.60. The standard InChI is InChI=1S/C25H20/c1-17-22-13-7-5-11-19(22)15-21-16-20-12-6-8-14-23(20)25(24(17)21)18-9-3-2-4-10-18/h2-14,16-17H,15H2,1H3. The Morgan fingerprint density at radius 1 is 0.720 bits per heavy atom. The van der Waals surface area contributed by atoms with E-state index in [1.165, 1.54) is 44.2 Å². The Morgan fingerprint density at radius 2 is 1.44 bits per heavy atom. The maximum Gasteiger partial charge on any atom is 0.00730 e. The van der Waals surface area contributed by atoms with E-state index in [4.69, 9.17) is 0 Å². The van der Waals surface area contributed by atoms with Crippen molar-refractivity contribution in [3.05, 3.63) is 107 Å². The molecule has 0 heterocycles. The molecular formula is C25H20. The first-order chi connectivity index (χ1) is 12.3. The summed E-state index contributed by atoms with van der Waals surface area (Å²) in [6.07, 6.45) is 1.03. The minimum absolute atomic E-state index is 0.416. The molecule has 0 spiro atoms. The molecule has 4 aromatic rings. The lowest BCUT2D eigenvalue weighted by Crippen LogP contribution is -2.13. The molecule has 1 aliphatic carbocycles. The van der Waals surface area contributed by atoms with E-state index < -0.39 is 0 Å². The predicted octanol–water partition coefficient (Wildman–Crippen LogP) is 6.56. The highest BCUT2D eigenvalue weighted by Crippen LogP contribution is 2.45. The van der Waals surface area contributed by atoms with Crippen LogP contribution in [-0.4, -0.2) is 0 Å². The van der Waals surface area contributed by atoms with Gasteiger partial charge in [-0.2, -0.15) is 0 Å². The lowest BCUT2D eigenvalue weighted by molar-refractivity contribution is 0.850. The minimum atomic E-state index is 0.416. The van der Waals surface area contributed by atoms with E-state index >= 15 is 0 Å². The monoisotopic (exact) mass is 320 g/mol. The maximum atomic E-state index is 2.41. The van der Waals surface area contributed by atoms with Crippen LogP contribution >= 0.6 is 0 Å². The van der Waals surface area contributed by atoms with Gasteiger partial charge in [0.25, 0.3) is 0 Å². The van der Waals surface area contributed by atoms with Gasteiger partial charge in [-0.3, -0.25) is 0 Å². The van der Waals surface area contributed by atoms with Crippen LogP contribution in [0.5, 0.6) is 0 Å². The molecule has 0 radical (unpaired) electrons. The molecule has 4 aromatic carbocycles. The number of hydrogen-bond donors (Lipinski definition) is 0. The topological polar surface area (TPSA) is 0 Å². The molecule has 1 unspecified atom stereocenters. The predicted molar refractivity (Wildman–Crippen MR) is 106 cm³/mol. The highest BCUT2D eigenvalue weighted by molar-refractivity contribution is 6.00. The van der Waals surface area contributed by atoms with Gasteiger partial charge in [0.1, 0.15) is 0 Å². The van der Waals surface area contributed by atoms with Crippen molar-refractivity contribution in [1.29, 1.82) is 0 Å². The summed E-state index contributed by atoms with van der Waals surface area (Å²) in [5.74, 6) is 0.416. The highest BCUT2D eigenvalue weighted by atomic mass is 14.3. The van der Waals surface area contributed by atoms with Gasteiger partial charge in [0.15, 0.2) is 0 Å². The van der Waals surface area contributed by atoms with Crippen molar-refractivity contribution < 1.29 is 0 Å². The molecule has 0 heteroatoms. The molecule has 0 fully saturated rings. The first-order valence-corrected chi connectivity index (χ1v) is 9.00. The molecule has 1 aliphatic rings. The van der Waals surface area contributed by atoms with Crippen LogP contribution < -0.4 is 0 Å². The van der Waals surface area contributed by atoms with Crippen LogP contribution in [0.3, 0.4) is 0 Å². The molecule has 0 aromatic heterocycles. The van der Waals surface area contributed by atoms with Crippen molar-refractivity contribution in [1.82, 2.24) is 0 Å². The SMILES string of the molecule is CC1c2ccccc2Cc2cc3ccccc3c(-c3ccccc3)c21. The average Bonchev–Trinajstić information content (AvgIpc) is 2.67. The van der Waals surface area contributed by atoms with Crippen LogP contribution in [0, 0.1) is 0 Å². The zero-order valence-electron chi connectivity index (χ0n) is 14.4. The smallest absolute Gasteiger partial charge is 0.00730 e. The van der Waals surface area contributed by atoms with Crippen molar-refractivity contribution in [2.24, 2.45) is 0 Å². The van der Waals surface area contributed by atoms with Crippen molar-refractivity contribution in [2.75, 3.05) is 0 Å². The molecule has 1 atom stereocenters. The van der Waals surface area contributed by atoms with E-state index in [1.807, 2.05) is 0 Å². The summed E-state index contributed by atoms with van der Waals surface area (Å²) in [5, 5.41) is 2.70. The van der Waals surface area contributed by atoms with E-state index in [0.717, 1.165) is 6.42 Å². The molecule has 0 N–H and O–H groups in total. The molecule has 25 heavy (non-hydrogen) atoms. The second-order valence-corrected chi connectivity index (χ2v) is 7.01. The Labute approximate surface area is 148 Å².